The number of fused-ring (bicyclic) bond motifs is 1. The fourth-order valence-corrected chi connectivity index (χ4v) is 4.01. The lowest BCUT2D eigenvalue weighted by atomic mass is 10.1. The number of rotatable bonds is 3. The van der Waals surface area contributed by atoms with Crippen molar-refractivity contribution in [2.24, 2.45) is 0 Å². The standard InChI is InChI=1S/C18H16ClN3O3S/c19-13-3-1-12(2-4-13)14-10-26-17-16(14)18(24)22(11-20-17)9-15(23)21-5-7-25-8-6-21/h1-4,10-11H,5-9H2. The quantitative estimate of drug-likeness (QED) is 0.690. The van der Waals surface area contributed by atoms with Crippen LogP contribution in [0, 0.1) is 0 Å². The van der Waals surface area contributed by atoms with Crippen molar-refractivity contribution >= 4 is 39.1 Å². The fraction of sp³-hybridized carbons (Fsp3) is 0.278. The Morgan fingerprint density at radius 1 is 1.23 bits per heavy atom. The molecular formula is C18H16ClN3O3S. The van der Waals surface area contributed by atoms with Crippen molar-refractivity contribution in [3.8, 4) is 11.1 Å². The van der Waals surface area contributed by atoms with E-state index in [1.165, 1.54) is 22.2 Å². The Balaban J connectivity index is 1.70. The van der Waals surface area contributed by atoms with Crippen LogP contribution in [0.3, 0.4) is 0 Å². The summed E-state index contributed by atoms with van der Waals surface area (Å²) < 4.78 is 6.64. The Hall–Kier alpha value is -2.22. The summed E-state index contributed by atoms with van der Waals surface area (Å²) in [7, 11) is 0. The lowest BCUT2D eigenvalue weighted by Crippen LogP contribution is -2.43. The zero-order valence-corrected chi connectivity index (χ0v) is 15.4. The van der Waals surface area contributed by atoms with Gasteiger partial charge in [0.15, 0.2) is 0 Å². The van der Waals surface area contributed by atoms with Crippen LogP contribution < -0.4 is 5.56 Å². The number of hydrogen-bond acceptors (Lipinski definition) is 5. The molecule has 1 aliphatic heterocycles. The number of carbonyl (C=O) groups is 1. The highest BCUT2D eigenvalue weighted by Gasteiger charge is 2.19. The number of nitrogens with zero attached hydrogens (tertiary/aromatic N) is 3. The molecule has 1 aliphatic rings. The average Bonchev–Trinajstić information content (AvgIpc) is 3.10. The van der Waals surface area contributed by atoms with Crippen molar-refractivity contribution in [1.29, 1.82) is 0 Å². The van der Waals surface area contributed by atoms with E-state index >= 15 is 0 Å². The largest absolute Gasteiger partial charge is 0.378 e. The first-order valence-electron chi connectivity index (χ1n) is 8.21. The van der Waals surface area contributed by atoms with Crippen LogP contribution in [0.15, 0.2) is 40.8 Å². The summed E-state index contributed by atoms with van der Waals surface area (Å²) in [4.78, 5) is 32.2. The summed E-state index contributed by atoms with van der Waals surface area (Å²) >= 11 is 7.37. The van der Waals surface area contributed by atoms with E-state index in [1.54, 1.807) is 17.0 Å². The Morgan fingerprint density at radius 2 is 1.96 bits per heavy atom. The summed E-state index contributed by atoms with van der Waals surface area (Å²) in [5.41, 5.74) is 1.51. The van der Waals surface area contributed by atoms with Crippen LogP contribution in [0.1, 0.15) is 0 Å². The Morgan fingerprint density at radius 3 is 2.69 bits per heavy atom. The minimum Gasteiger partial charge on any atom is -0.378 e. The molecule has 0 radical (unpaired) electrons. The van der Waals surface area contributed by atoms with Crippen LogP contribution >= 0.6 is 22.9 Å². The van der Waals surface area contributed by atoms with E-state index < -0.39 is 0 Å². The number of hydrogen-bond donors (Lipinski definition) is 0. The molecule has 0 aliphatic carbocycles. The van der Waals surface area contributed by atoms with Crippen LogP contribution in [-0.4, -0.2) is 46.7 Å². The smallest absolute Gasteiger partial charge is 0.263 e. The molecule has 1 amide bonds. The Bertz CT molecular complexity index is 1010. The highest BCUT2D eigenvalue weighted by atomic mass is 35.5. The number of thiophene rings is 1. The SMILES string of the molecule is O=C(Cn1cnc2scc(-c3ccc(Cl)cc3)c2c1=O)N1CCOCC1. The Labute approximate surface area is 158 Å². The molecule has 4 rings (SSSR count). The maximum Gasteiger partial charge on any atom is 0.263 e. The number of amides is 1. The first-order valence-corrected chi connectivity index (χ1v) is 9.47. The lowest BCUT2D eigenvalue weighted by molar-refractivity contribution is -0.135. The lowest BCUT2D eigenvalue weighted by Gasteiger charge is -2.26. The minimum absolute atomic E-state index is 0.0162. The van der Waals surface area contributed by atoms with E-state index in [-0.39, 0.29) is 18.0 Å². The van der Waals surface area contributed by atoms with Gasteiger partial charge in [-0.3, -0.25) is 14.2 Å². The van der Waals surface area contributed by atoms with Gasteiger partial charge in [-0.2, -0.15) is 0 Å². The molecule has 6 nitrogen and oxygen atoms in total. The van der Waals surface area contributed by atoms with Gasteiger partial charge in [0.25, 0.3) is 5.56 Å². The minimum atomic E-state index is -0.206. The molecule has 0 N–H and O–H groups in total. The summed E-state index contributed by atoms with van der Waals surface area (Å²) in [5, 5.41) is 3.09. The molecule has 2 aromatic heterocycles. The molecule has 1 fully saturated rings. The zero-order chi connectivity index (χ0) is 18.1. The van der Waals surface area contributed by atoms with Gasteiger partial charge in [0.1, 0.15) is 11.4 Å². The van der Waals surface area contributed by atoms with Gasteiger partial charge < -0.3 is 9.64 Å². The number of halogens is 1. The van der Waals surface area contributed by atoms with Crippen LogP contribution in [0.4, 0.5) is 0 Å². The molecule has 134 valence electrons. The van der Waals surface area contributed by atoms with Gasteiger partial charge in [-0.1, -0.05) is 23.7 Å². The van der Waals surface area contributed by atoms with E-state index in [1.807, 2.05) is 17.5 Å². The number of benzene rings is 1. The molecule has 8 heteroatoms. The molecule has 0 saturated carbocycles. The molecule has 1 saturated heterocycles. The van der Waals surface area contributed by atoms with Crippen LogP contribution in [0.2, 0.25) is 5.02 Å². The Kier molecular flexibility index (Phi) is 4.76. The van der Waals surface area contributed by atoms with E-state index in [0.29, 0.717) is 41.5 Å². The van der Waals surface area contributed by atoms with Crippen molar-refractivity contribution in [2.45, 2.75) is 6.54 Å². The third-order valence-corrected chi connectivity index (χ3v) is 5.52. The van der Waals surface area contributed by atoms with Gasteiger partial charge in [0.05, 0.1) is 24.9 Å². The van der Waals surface area contributed by atoms with Crippen molar-refractivity contribution in [3.05, 3.63) is 51.3 Å². The first kappa shape index (κ1) is 17.2. The van der Waals surface area contributed by atoms with E-state index in [0.717, 1.165) is 11.1 Å². The molecule has 0 unspecified atom stereocenters. The normalized spacial score (nSPS) is 14.7. The van der Waals surface area contributed by atoms with Crippen LogP contribution in [-0.2, 0) is 16.1 Å². The molecular weight excluding hydrogens is 374 g/mol. The number of morpholine rings is 1. The molecule has 1 aromatic carbocycles. The predicted molar refractivity (Wildman–Crippen MR) is 102 cm³/mol. The maximum atomic E-state index is 13.0. The average molecular weight is 390 g/mol. The van der Waals surface area contributed by atoms with Gasteiger partial charge in [-0.25, -0.2) is 4.98 Å². The highest BCUT2D eigenvalue weighted by Crippen LogP contribution is 2.31. The fourth-order valence-electron chi connectivity index (χ4n) is 2.98. The van der Waals surface area contributed by atoms with Gasteiger partial charge in [0, 0.05) is 29.1 Å². The molecule has 0 spiro atoms. The van der Waals surface area contributed by atoms with Gasteiger partial charge in [0.2, 0.25) is 5.91 Å². The van der Waals surface area contributed by atoms with E-state index in [2.05, 4.69) is 4.98 Å². The van der Waals surface area contributed by atoms with E-state index in [9.17, 15) is 9.59 Å². The zero-order valence-electron chi connectivity index (χ0n) is 13.9. The van der Waals surface area contributed by atoms with Crippen LogP contribution in [0.5, 0.6) is 0 Å². The van der Waals surface area contributed by atoms with Crippen molar-refractivity contribution in [1.82, 2.24) is 14.5 Å². The maximum absolute atomic E-state index is 13.0. The predicted octanol–water partition coefficient (Wildman–Crippen LogP) is 2.64. The monoisotopic (exact) mass is 389 g/mol. The van der Waals surface area contributed by atoms with Gasteiger partial charge in [-0.05, 0) is 17.7 Å². The summed E-state index contributed by atoms with van der Waals surface area (Å²) in [6.07, 6.45) is 1.45. The third kappa shape index (κ3) is 3.25. The number of ether oxygens (including phenoxy) is 1. The topological polar surface area (TPSA) is 64.4 Å². The summed E-state index contributed by atoms with van der Waals surface area (Å²) in [5.74, 6) is -0.0974. The molecule has 3 heterocycles. The van der Waals surface area contributed by atoms with Crippen molar-refractivity contribution in [2.75, 3.05) is 26.3 Å². The van der Waals surface area contributed by atoms with E-state index in [4.69, 9.17) is 16.3 Å². The summed E-state index contributed by atoms with van der Waals surface area (Å²) in [6.45, 7) is 2.15. The van der Waals surface area contributed by atoms with Gasteiger partial charge >= 0.3 is 0 Å². The molecule has 3 aromatic rings. The van der Waals surface area contributed by atoms with Crippen LogP contribution in [0.25, 0.3) is 21.3 Å². The second-order valence-electron chi connectivity index (χ2n) is 6.01. The number of aromatic nitrogens is 2. The van der Waals surface area contributed by atoms with Crippen molar-refractivity contribution < 1.29 is 9.53 Å². The van der Waals surface area contributed by atoms with Crippen molar-refractivity contribution in [3.63, 3.8) is 0 Å². The number of carbonyl (C=O) groups excluding carboxylic acids is 1. The molecule has 0 atom stereocenters. The summed E-state index contributed by atoms with van der Waals surface area (Å²) in [6, 6.07) is 7.33. The third-order valence-electron chi connectivity index (χ3n) is 4.39. The highest BCUT2D eigenvalue weighted by molar-refractivity contribution is 7.17. The second kappa shape index (κ2) is 7.19. The second-order valence-corrected chi connectivity index (χ2v) is 7.30. The first-order chi connectivity index (χ1) is 12.6. The van der Waals surface area contributed by atoms with Gasteiger partial charge in [-0.15, -0.1) is 11.3 Å². The molecule has 26 heavy (non-hydrogen) atoms. The molecule has 0 bridgehead atoms.